The van der Waals surface area contributed by atoms with Gasteiger partial charge in [0.05, 0.1) is 6.61 Å². The Morgan fingerprint density at radius 2 is 2.07 bits per heavy atom. The second kappa shape index (κ2) is 5.54. The Hall–Kier alpha value is -1.16. The van der Waals surface area contributed by atoms with Crippen LogP contribution in [0.25, 0.3) is 0 Å². The summed E-state index contributed by atoms with van der Waals surface area (Å²) in [7, 11) is 0. The fourth-order valence-corrected chi connectivity index (χ4v) is 1.08. The zero-order chi connectivity index (χ0) is 10.4. The molecule has 0 unspecified atom stereocenters. The molecule has 1 aromatic carbocycles. The van der Waals surface area contributed by atoms with Crippen LogP contribution in [0, 0.1) is 5.82 Å². The van der Waals surface area contributed by atoms with Crippen molar-refractivity contribution < 1.29 is 9.13 Å². The Labute approximate surface area is 88.1 Å². The summed E-state index contributed by atoms with van der Waals surface area (Å²) in [5, 5.41) is 3.16. The average Bonchev–Trinajstić information content (AvgIpc) is 2.18. The Balaban J connectivity index is 2.44. The molecular weight excluding hydrogens is 201 g/mol. The maximum atomic E-state index is 12.5. The van der Waals surface area contributed by atoms with Gasteiger partial charge in [0.1, 0.15) is 5.82 Å². The Morgan fingerprint density at radius 1 is 1.43 bits per heavy atom. The van der Waals surface area contributed by atoms with E-state index in [1.165, 1.54) is 12.1 Å². The van der Waals surface area contributed by atoms with E-state index >= 15 is 0 Å². The van der Waals surface area contributed by atoms with Gasteiger partial charge in [-0.3, -0.25) is 0 Å². The van der Waals surface area contributed by atoms with Crippen LogP contribution in [0.1, 0.15) is 13.3 Å². The molecule has 0 aromatic heterocycles. The van der Waals surface area contributed by atoms with E-state index in [-0.39, 0.29) is 5.82 Å². The first kappa shape index (κ1) is 10.9. The highest BCUT2D eigenvalue weighted by Crippen LogP contribution is 2.08. The smallest absolute Gasteiger partial charge is 0.261 e. The first-order valence-corrected chi connectivity index (χ1v) is 4.82. The lowest BCUT2D eigenvalue weighted by Gasteiger charge is -2.08. The summed E-state index contributed by atoms with van der Waals surface area (Å²) in [6.45, 7) is 2.59. The monoisotopic (exact) mass is 213 g/mol. The molecule has 76 valence electrons. The predicted molar refractivity (Wildman–Crippen MR) is 58.9 cm³/mol. The number of hydrogen-bond donors (Lipinski definition) is 1. The Morgan fingerprint density at radius 3 is 2.64 bits per heavy atom. The van der Waals surface area contributed by atoms with Gasteiger partial charge in [0, 0.05) is 5.69 Å². The van der Waals surface area contributed by atoms with Gasteiger partial charge in [0.2, 0.25) is 0 Å². The van der Waals surface area contributed by atoms with Crippen LogP contribution in [0.5, 0.6) is 0 Å². The van der Waals surface area contributed by atoms with Crippen molar-refractivity contribution in [3.63, 3.8) is 0 Å². The maximum Gasteiger partial charge on any atom is 0.261 e. The van der Waals surface area contributed by atoms with Gasteiger partial charge in [-0.15, -0.1) is 0 Å². The molecule has 0 saturated heterocycles. The first-order valence-electron chi connectivity index (χ1n) is 4.41. The van der Waals surface area contributed by atoms with Gasteiger partial charge in [-0.1, -0.05) is 6.92 Å². The predicted octanol–water partition coefficient (Wildman–Crippen LogP) is 2.95. The van der Waals surface area contributed by atoms with E-state index in [4.69, 9.17) is 17.0 Å². The zero-order valence-electron chi connectivity index (χ0n) is 7.92. The summed E-state index contributed by atoms with van der Waals surface area (Å²) in [6, 6.07) is 5.95. The molecule has 1 rings (SSSR count). The molecular formula is C10H12FNOS. The summed E-state index contributed by atoms with van der Waals surface area (Å²) in [4.78, 5) is 0. The van der Waals surface area contributed by atoms with E-state index in [9.17, 15) is 4.39 Å². The van der Waals surface area contributed by atoms with Crippen LogP contribution in [0.4, 0.5) is 10.1 Å². The minimum Gasteiger partial charge on any atom is -0.471 e. The van der Waals surface area contributed by atoms with Crippen LogP contribution in [-0.4, -0.2) is 11.8 Å². The lowest BCUT2D eigenvalue weighted by atomic mass is 10.3. The Bertz CT molecular complexity index is 299. The topological polar surface area (TPSA) is 21.3 Å². The van der Waals surface area contributed by atoms with E-state index in [2.05, 4.69) is 5.32 Å². The molecule has 14 heavy (non-hydrogen) atoms. The third-order valence-corrected chi connectivity index (χ3v) is 1.75. The fraction of sp³-hybridized carbons (Fsp3) is 0.300. The zero-order valence-corrected chi connectivity index (χ0v) is 8.73. The first-order chi connectivity index (χ1) is 6.72. The van der Waals surface area contributed by atoms with E-state index in [1.54, 1.807) is 12.1 Å². The van der Waals surface area contributed by atoms with Crippen molar-refractivity contribution in [2.45, 2.75) is 13.3 Å². The van der Waals surface area contributed by atoms with Crippen molar-refractivity contribution in [2.24, 2.45) is 0 Å². The molecule has 0 aliphatic rings. The third kappa shape index (κ3) is 3.70. The molecule has 1 N–H and O–H groups in total. The number of anilines is 1. The normalized spacial score (nSPS) is 9.57. The fourth-order valence-electron chi connectivity index (χ4n) is 0.882. The summed E-state index contributed by atoms with van der Waals surface area (Å²) in [5.74, 6) is -0.268. The van der Waals surface area contributed by atoms with Crippen molar-refractivity contribution in [3.05, 3.63) is 30.1 Å². The molecule has 0 spiro atoms. The number of thiocarbonyl (C=S) groups is 1. The van der Waals surface area contributed by atoms with E-state index < -0.39 is 0 Å². The number of hydrogen-bond acceptors (Lipinski definition) is 2. The number of nitrogens with one attached hydrogen (secondary N) is 1. The molecule has 0 saturated carbocycles. The minimum absolute atomic E-state index is 0.268. The van der Waals surface area contributed by atoms with Gasteiger partial charge in [-0.2, -0.15) is 0 Å². The van der Waals surface area contributed by atoms with Gasteiger partial charge >= 0.3 is 0 Å². The molecule has 0 atom stereocenters. The number of halogens is 1. The molecule has 0 aliphatic carbocycles. The SMILES string of the molecule is CCCOC(=S)Nc1ccc(F)cc1. The number of rotatable bonds is 3. The highest BCUT2D eigenvalue weighted by molar-refractivity contribution is 7.80. The highest BCUT2D eigenvalue weighted by Gasteiger charge is 1.97. The lowest BCUT2D eigenvalue weighted by molar-refractivity contribution is 0.312. The molecule has 0 fully saturated rings. The van der Waals surface area contributed by atoms with Gasteiger partial charge in [0.25, 0.3) is 5.17 Å². The van der Waals surface area contributed by atoms with Gasteiger partial charge in [-0.05, 0) is 42.9 Å². The lowest BCUT2D eigenvalue weighted by Crippen LogP contribution is -2.13. The molecule has 0 aliphatic heterocycles. The van der Waals surface area contributed by atoms with Crippen molar-refractivity contribution in [3.8, 4) is 0 Å². The summed E-state index contributed by atoms with van der Waals surface area (Å²) >= 11 is 4.91. The molecule has 1 aromatic rings. The van der Waals surface area contributed by atoms with Gasteiger partial charge < -0.3 is 10.1 Å². The highest BCUT2D eigenvalue weighted by atomic mass is 32.1. The van der Waals surface area contributed by atoms with E-state index in [0.29, 0.717) is 11.8 Å². The van der Waals surface area contributed by atoms with Gasteiger partial charge in [0.15, 0.2) is 0 Å². The summed E-state index contributed by atoms with van der Waals surface area (Å²) in [6.07, 6.45) is 0.908. The minimum atomic E-state index is -0.268. The molecule has 0 amide bonds. The second-order valence-electron chi connectivity index (χ2n) is 2.77. The molecule has 0 bridgehead atoms. The molecule has 2 nitrogen and oxygen atoms in total. The van der Waals surface area contributed by atoms with Crippen molar-refractivity contribution >= 4 is 23.1 Å². The largest absolute Gasteiger partial charge is 0.471 e. The van der Waals surface area contributed by atoms with Crippen molar-refractivity contribution in [1.82, 2.24) is 0 Å². The van der Waals surface area contributed by atoms with Crippen LogP contribution < -0.4 is 5.32 Å². The second-order valence-corrected chi connectivity index (χ2v) is 3.14. The van der Waals surface area contributed by atoms with Crippen LogP contribution in [0.2, 0.25) is 0 Å². The maximum absolute atomic E-state index is 12.5. The summed E-state index contributed by atoms with van der Waals surface area (Å²) < 4.78 is 17.7. The molecule has 4 heteroatoms. The van der Waals surface area contributed by atoms with Crippen LogP contribution in [0.3, 0.4) is 0 Å². The standard InChI is InChI=1S/C10H12FNOS/c1-2-7-13-10(14)12-9-5-3-8(11)4-6-9/h3-6H,2,7H2,1H3,(H,12,14). The van der Waals surface area contributed by atoms with Crippen LogP contribution >= 0.6 is 12.2 Å². The molecule has 0 radical (unpaired) electrons. The number of ether oxygens (including phenoxy) is 1. The average molecular weight is 213 g/mol. The van der Waals surface area contributed by atoms with E-state index in [1.807, 2.05) is 6.92 Å². The van der Waals surface area contributed by atoms with Crippen molar-refractivity contribution in [2.75, 3.05) is 11.9 Å². The number of benzene rings is 1. The van der Waals surface area contributed by atoms with Gasteiger partial charge in [-0.25, -0.2) is 4.39 Å². The third-order valence-electron chi connectivity index (χ3n) is 1.53. The van der Waals surface area contributed by atoms with Crippen LogP contribution in [0.15, 0.2) is 24.3 Å². The molecule has 0 heterocycles. The van der Waals surface area contributed by atoms with Crippen LogP contribution in [-0.2, 0) is 4.74 Å². The van der Waals surface area contributed by atoms with Crippen molar-refractivity contribution in [1.29, 1.82) is 0 Å². The van der Waals surface area contributed by atoms with E-state index in [0.717, 1.165) is 12.1 Å². The summed E-state index contributed by atoms with van der Waals surface area (Å²) in [5.41, 5.74) is 0.729. The quantitative estimate of drug-likeness (QED) is 0.780. The Kier molecular flexibility index (Phi) is 4.32.